The van der Waals surface area contributed by atoms with Crippen molar-refractivity contribution in [2.45, 2.75) is 32.2 Å². The number of carbonyl (C=O) groups excluding carboxylic acids is 1. The van der Waals surface area contributed by atoms with Crippen molar-refractivity contribution in [3.05, 3.63) is 65.2 Å². The van der Waals surface area contributed by atoms with E-state index in [1.165, 1.54) is 25.0 Å². The van der Waals surface area contributed by atoms with E-state index in [0.29, 0.717) is 23.8 Å². The molecule has 0 unspecified atom stereocenters. The van der Waals surface area contributed by atoms with E-state index in [9.17, 15) is 18.0 Å². The lowest BCUT2D eigenvalue weighted by Gasteiger charge is -2.11. The summed E-state index contributed by atoms with van der Waals surface area (Å²) in [5.74, 6) is 0.688. The fourth-order valence-electron chi connectivity index (χ4n) is 2.58. The highest BCUT2D eigenvalue weighted by molar-refractivity contribution is 5.89. The number of ether oxygens (including phenoxy) is 1. The number of benzene rings is 2. The van der Waals surface area contributed by atoms with Crippen LogP contribution in [0.5, 0.6) is 0 Å². The van der Waals surface area contributed by atoms with Crippen LogP contribution in [0.2, 0.25) is 0 Å². The lowest BCUT2D eigenvalue weighted by molar-refractivity contribution is -0.137. The Balaban J connectivity index is 1.49. The molecule has 0 atom stereocenters. The summed E-state index contributed by atoms with van der Waals surface area (Å²) in [7, 11) is 0. The Labute approximate surface area is 155 Å². The van der Waals surface area contributed by atoms with E-state index in [-0.39, 0.29) is 6.54 Å². The SMILES string of the molecule is O=C(NCc1cccc(C(F)(F)F)c1)Nc1cccc(COCC2CC2)c1. The third kappa shape index (κ3) is 6.29. The zero-order valence-electron chi connectivity index (χ0n) is 14.7. The van der Waals surface area contributed by atoms with Crippen molar-refractivity contribution in [1.29, 1.82) is 0 Å². The van der Waals surface area contributed by atoms with Crippen molar-refractivity contribution in [3.63, 3.8) is 0 Å². The molecule has 0 saturated heterocycles. The monoisotopic (exact) mass is 378 g/mol. The van der Waals surface area contributed by atoms with Crippen molar-refractivity contribution in [3.8, 4) is 0 Å². The molecule has 0 heterocycles. The minimum atomic E-state index is -4.40. The largest absolute Gasteiger partial charge is 0.416 e. The molecule has 0 aromatic heterocycles. The molecule has 144 valence electrons. The molecule has 1 aliphatic rings. The van der Waals surface area contributed by atoms with Gasteiger partial charge in [-0.2, -0.15) is 13.2 Å². The minimum absolute atomic E-state index is 0.0000560. The van der Waals surface area contributed by atoms with Gasteiger partial charge in [0.25, 0.3) is 0 Å². The maximum Gasteiger partial charge on any atom is 0.416 e. The van der Waals surface area contributed by atoms with Gasteiger partial charge in [-0.05, 0) is 54.2 Å². The molecule has 2 amide bonds. The fourth-order valence-corrected chi connectivity index (χ4v) is 2.58. The number of hydrogen-bond donors (Lipinski definition) is 2. The molecule has 2 N–H and O–H groups in total. The number of alkyl halides is 3. The van der Waals surface area contributed by atoms with Gasteiger partial charge >= 0.3 is 12.2 Å². The summed E-state index contributed by atoms with van der Waals surface area (Å²) in [4.78, 5) is 12.0. The molecule has 0 bridgehead atoms. The average Bonchev–Trinajstić information content (AvgIpc) is 3.44. The summed E-state index contributed by atoms with van der Waals surface area (Å²) in [6.45, 7) is 1.24. The van der Waals surface area contributed by atoms with Gasteiger partial charge in [0.05, 0.1) is 12.2 Å². The first-order chi connectivity index (χ1) is 12.9. The Morgan fingerprint density at radius 1 is 1.07 bits per heavy atom. The maximum atomic E-state index is 12.7. The van der Waals surface area contributed by atoms with Crippen LogP contribution >= 0.6 is 0 Å². The molecule has 4 nitrogen and oxygen atoms in total. The van der Waals surface area contributed by atoms with Gasteiger partial charge in [-0.15, -0.1) is 0 Å². The maximum absolute atomic E-state index is 12.7. The van der Waals surface area contributed by atoms with Crippen LogP contribution in [0.25, 0.3) is 0 Å². The highest BCUT2D eigenvalue weighted by Gasteiger charge is 2.30. The molecular formula is C20H21F3N2O2. The molecule has 2 aromatic carbocycles. The summed E-state index contributed by atoms with van der Waals surface area (Å²) >= 11 is 0. The van der Waals surface area contributed by atoms with Gasteiger partial charge in [-0.3, -0.25) is 0 Å². The van der Waals surface area contributed by atoms with E-state index < -0.39 is 17.8 Å². The number of hydrogen-bond acceptors (Lipinski definition) is 2. The Morgan fingerprint density at radius 3 is 2.56 bits per heavy atom. The van der Waals surface area contributed by atoms with Gasteiger partial charge in [-0.1, -0.05) is 24.3 Å². The molecule has 27 heavy (non-hydrogen) atoms. The topological polar surface area (TPSA) is 50.4 Å². The van der Waals surface area contributed by atoms with E-state index in [2.05, 4.69) is 10.6 Å². The predicted octanol–water partition coefficient (Wildman–Crippen LogP) is 4.95. The Kier molecular flexibility index (Phi) is 6.01. The zero-order chi connectivity index (χ0) is 19.3. The first kappa shape index (κ1) is 19.2. The third-order valence-corrected chi connectivity index (χ3v) is 4.21. The average molecular weight is 378 g/mol. The third-order valence-electron chi connectivity index (χ3n) is 4.21. The Hall–Kier alpha value is -2.54. The van der Waals surface area contributed by atoms with Crippen LogP contribution in [0.1, 0.15) is 29.5 Å². The number of carbonyl (C=O) groups is 1. The van der Waals surface area contributed by atoms with Crippen LogP contribution in [0.3, 0.4) is 0 Å². The lowest BCUT2D eigenvalue weighted by Crippen LogP contribution is -2.28. The Bertz CT molecular complexity index is 789. The van der Waals surface area contributed by atoms with E-state index >= 15 is 0 Å². The van der Waals surface area contributed by atoms with E-state index in [4.69, 9.17) is 4.74 Å². The summed E-state index contributed by atoms with van der Waals surface area (Å²) in [6.07, 6.45) is -1.94. The first-order valence-corrected chi connectivity index (χ1v) is 8.78. The number of nitrogens with one attached hydrogen (secondary N) is 2. The molecule has 2 aromatic rings. The van der Waals surface area contributed by atoms with Gasteiger partial charge in [0.2, 0.25) is 0 Å². The second kappa shape index (κ2) is 8.43. The van der Waals surface area contributed by atoms with Crippen molar-refractivity contribution in [1.82, 2.24) is 5.32 Å². The molecule has 1 aliphatic carbocycles. The van der Waals surface area contributed by atoms with Gasteiger partial charge in [0.15, 0.2) is 0 Å². The number of urea groups is 1. The van der Waals surface area contributed by atoms with Crippen molar-refractivity contribution in [2.75, 3.05) is 11.9 Å². The van der Waals surface area contributed by atoms with Crippen LogP contribution in [-0.4, -0.2) is 12.6 Å². The van der Waals surface area contributed by atoms with Gasteiger partial charge in [0.1, 0.15) is 0 Å². The molecule has 1 fully saturated rings. The summed E-state index contributed by atoms with van der Waals surface area (Å²) < 4.78 is 43.8. The normalized spacial score (nSPS) is 14.0. The lowest BCUT2D eigenvalue weighted by atomic mass is 10.1. The summed E-state index contributed by atoms with van der Waals surface area (Å²) in [5, 5.41) is 5.24. The molecule has 3 rings (SSSR count). The molecule has 0 aliphatic heterocycles. The number of anilines is 1. The van der Waals surface area contributed by atoms with Crippen LogP contribution < -0.4 is 10.6 Å². The fraction of sp³-hybridized carbons (Fsp3) is 0.350. The van der Waals surface area contributed by atoms with Crippen LogP contribution in [-0.2, 0) is 24.1 Å². The van der Waals surface area contributed by atoms with Crippen LogP contribution in [0.4, 0.5) is 23.7 Å². The van der Waals surface area contributed by atoms with Crippen molar-refractivity contribution < 1.29 is 22.7 Å². The summed E-state index contributed by atoms with van der Waals surface area (Å²) in [6, 6.07) is 11.7. The summed E-state index contributed by atoms with van der Waals surface area (Å²) in [5.41, 5.74) is 1.19. The number of rotatable bonds is 7. The molecule has 0 radical (unpaired) electrons. The van der Waals surface area contributed by atoms with E-state index in [1.807, 2.05) is 18.2 Å². The number of halogens is 3. The van der Waals surface area contributed by atoms with Crippen molar-refractivity contribution in [2.24, 2.45) is 5.92 Å². The van der Waals surface area contributed by atoms with Gasteiger partial charge in [0, 0.05) is 18.8 Å². The Morgan fingerprint density at radius 2 is 1.81 bits per heavy atom. The molecule has 1 saturated carbocycles. The smallest absolute Gasteiger partial charge is 0.376 e. The quantitative estimate of drug-likeness (QED) is 0.716. The van der Waals surface area contributed by atoms with Gasteiger partial charge < -0.3 is 15.4 Å². The predicted molar refractivity (Wildman–Crippen MR) is 96.1 cm³/mol. The minimum Gasteiger partial charge on any atom is -0.376 e. The molecule has 7 heteroatoms. The van der Waals surface area contributed by atoms with Gasteiger partial charge in [-0.25, -0.2) is 4.79 Å². The molecule has 0 spiro atoms. The zero-order valence-corrected chi connectivity index (χ0v) is 14.7. The van der Waals surface area contributed by atoms with Crippen LogP contribution in [0.15, 0.2) is 48.5 Å². The highest BCUT2D eigenvalue weighted by Crippen LogP contribution is 2.30. The van der Waals surface area contributed by atoms with Crippen molar-refractivity contribution >= 4 is 11.7 Å². The second-order valence-corrected chi connectivity index (χ2v) is 6.66. The van der Waals surface area contributed by atoms with Crippen LogP contribution in [0, 0.1) is 5.92 Å². The van der Waals surface area contributed by atoms with E-state index in [0.717, 1.165) is 24.3 Å². The molecular weight excluding hydrogens is 357 g/mol. The highest BCUT2D eigenvalue weighted by atomic mass is 19.4. The second-order valence-electron chi connectivity index (χ2n) is 6.66. The first-order valence-electron chi connectivity index (χ1n) is 8.78. The van der Waals surface area contributed by atoms with E-state index in [1.54, 1.807) is 6.07 Å². The number of amides is 2. The standard InChI is InChI=1S/C20H21F3N2O2/c21-20(22,23)17-5-1-3-15(9-17)11-24-19(26)25-18-6-2-4-16(10-18)13-27-12-14-7-8-14/h1-6,9-10,14H,7-8,11-13H2,(H2,24,25,26).